The van der Waals surface area contributed by atoms with E-state index in [-0.39, 0.29) is 23.0 Å². The molecule has 4 aliphatic rings. The normalized spacial score (nSPS) is 30.2. The van der Waals surface area contributed by atoms with Crippen LogP contribution in [0.15, 0.2) is 17.3 Å². The lowest BCUT2D eigenvalue weighted by Gasteiger charge is -2.49. The van der Waals surface area contributed by atoms with Gasteiger partial charge in [0.1, 0.15) is 5.82 Å². The summed E-state index contributed by atoms with van der Waals surface area (Å²) in [5, 5.41) is 8.30. The van der Waals surface area contributed by atoms with Crippen molar-refractivity contribution in [2.45, 2.75) is 24.9 Å². The highest BCUT2D eigenvalue weighted by Crippen LogP contribution is 2.43. The van der Waals surface area contributed by atoms with Crippen LogP contribution < -0.4 is 5.32 Å². The van der Waals surface area contributed by atoms with Gasteiger partial charge in [-0.3, -0.25) is 4.90 Å². The first-order chi connectivity index (χ1) is 11.6. The number of fused-ring (bicyclic) bond motifs is 3. The predicted octanol–water partition coefficient (Wildman–Crippen LogP) is 4.12. The van der Waals surface area contributed by atoms with E-state index in [0.29, 0.717) is 16.6 Å². The first-order valence-electron chi connectivity index (χ1n) is 8.11. The first-order valence-corrected chi connectivity index (χ1v) is 9.31. The molecule has 0 radical (unpaired) electrons. The van der Waals surface area contributed by atoms with Crippen molar-refractivity contribution >= 4 is 56.5 Å². The molecular weight excluding hydrogens is 386 g/mol. The summed E-state index contributed by atoms with van der Waals surface area (Å²) in [6, 6.07) is 2.97. The highest BCUT2D eigenvalue weighted by Gasteiger charge is 2.52. The number of rotatable bonds is 1. The van der Waals surface area contributed by atoms with Crippen molar-refractivity contribution in [1.82, 2.24) is 9.88 Å². The van der Waals surface area contributed by atoms with E-state index in [2.05, 4.69) is 20.4 Å². The van der Waals surface area contributed by atoms with Crippen molar-refractivity contribution in [3.05, 3.63) is 23.0 Å². The summed E-state index contributed by atoms with van der Waals surface area (Å²) >= 11 is 7.21. The fourth-order valence-electron chi connectivity index (χ4n) is 4.09. The van der Waals surface area contributed by atoms with Crippen molar-refractivity contribution < 1.29 is 9.23 Å². The molecule has 6 rings (SSSR count). The van der Waals surface area contributed by atoms with Crippen LogP contribution in [0.4, 0.5) is 9.52 Å². The number of amidine groups is 1. The Balaban J connectivity index is 0.00000157. The summed E-state index contributed by atoms with van der Waals surface area (Å²) in [5.74, 6) is 0.954. The minimum atomic E-state index is -0.424. The van der Waals surface area contributed by atoms with Crippen molar-refractivity contribution in [2.24, 2.45) is 11.1 Å². The molecule has 2 bridgehead atoms. The van der Waals surface area contributed by atoms with Gasteiger partial charge in [0.05, 0.1) is 21.7 Å². The van der Waals surface area contributed by atoms with E-state index in [1.165, 1.54) is 43.3 Å². The van der Waals surface area contributed by atoms with Gasteiger partial charge in [0, 0.05) is 12.5 Å². The number of oxime groups is 1. The van der Waals surface area contributed by atoms with Crippen molar-refractivity contribution in [2.75, 3.05) is 25.0 Å². The van der Waals surface area contributed by atoms with Crippen LogP contribution in [0.3, 0.4) is 0 Å². The zero-order valence-electron chi connectivity index (χ0n) is 13.3. The van der Waals surface area contributed by atoms with E-state index in [1.807, 2.05) is 0 Å². The number of anilines is 1. The topological polar surface area (TPSA) is 49.8 Å². The summed E-state index contributed by atoms with van der Waals surface area (Å²) in [6.45, 7) is 3.29. The Hall–Kier alpha value is -1.15. The summed E-state index contributed by atoms with van der Waals surface area (Å²) in [4.78, 5) is 12.8. The van der Waals surface area contributed by atoms with Crippen LogP contribution in [0, 0.1) is 11.7 Å². The van der Waals surface area contributed by atoms with Gasteiger partial charge >= 0.3 is 0 Å². The standard InChI is InChI=1S/C16H16ClFN4OS.ClH/c17-10-5-12-13(6-11(10)18)24-15(19-12)20-14-7-16(23-21-14)8-22-3-1-9(16)2-4-22;/h5-6,9H,1-4,7-8H2,(H,19,20,21);1H/t16-;/m0./s1. The molecule has 1 atom stereocenters. The van der Waals surface area contributed by atoms with Crippen molar-refractivity contribution in [3.63, 3.8) is 0 Å². The average molecular weight is 403 g/mol. The van der Waals surface area contributed by atoms with Crippen LogP contribution in [0.1, 0.15) is 19.3 Å². The summed E-state index contributed by atoms with van der Waals surface area (Å²) in [5.41, 5.74) is 0.510. The largest absolute Gasteiger partial charge is 0.386 e. The fourth-order valence-corrected chi connectivity index (χ4v) is 5.14. The molecule has 3 saturated heterocycles. The third-order valence-corrected chi connectivity index (χ3v) is 6.53. The number of benzene rings is 1. The maximum atomic E-state index is 13.6. The van der Waals surface area contributed by atoms with Crippen LogP contribution in [0.5, 0.6) is 0 Å². The van der Waals surface area contributed by atoms with Crippen LogP contribution in [0.2, 0.25) is 5.02 Å². The SMILES string of the molecule is Cl.Fc1cc2sc(NC3=NO[C@@]4(C3)CN3CCC4CC3)nc2cc1Cl. The number of aromatic nitrogens is 1. The van der Waals surface area contributed by atoms with Gasteiger partial charge in [0.15, 0.2) is 16.6 Å². The van der Waals surface area contributed by atoms with Gasteiger partial charge in [-0.2, -0.15) is 0 Å². The maximum Gasteiger partial charge on any atom is 0.189 e. The van der Waals surface area contributed by atoms with E-state index >= 15 is 0 Å². The molecule has 1 aromatic carbocycles. The van der Waals surface area contributed by atoms with E-state index < -0.39 is 5.82 Å². The van der Waals surface area contributed by atoms with Gasteiger partial charge in [0.2, 0.25) is 0 Å². The molecule has 0 aliphatic carbocycles. The Morgan fingerprint density at radius 1 is 1.36 bits per heavy atom. The highest BCUT2D eigenvalue weighted by atomic mass is 35.5. The number of piperidine rings is 3. The fraction of sp³-hybridized carbons (Fsp3) is 0.500. The van der Waals surface area contributed by atoms with Crippen molar-refractivity contribution in [1.29, 1.82) is 0 Å². The molecule has 5 heterocycles. The van der Waals surface area contributed by atoms with Gasteiger partial charge in [-0.25, -0.2) is 9.37 Å². The lowest BCUT2D eigenvalue weighted by Crippen LogP contribution is -2.59. The summed E-state index contributed by atoms with van der Waals surface area (Å²) in [6.07, 6.45) is 3.14. The van der Waals surface area contributed by atoms with E-state index in [9.17, 15) is 4.39 Å². The van der Waals surface area contributed by atoms with Gasteiger partial charge < -0.3 is 10.2 Å². The number of thiazole rings is 1. The van der Waals surface area contributed by atoms with Crippen LogP contribution >= 0.6 is 35.3 Å². The molecule has 0 unspecified atom stereocenters. The second kappa shape index (κ2) is 6.23. The molecule has 3 fully saturated rings. The summed E-state index contributed by atoms with van der Waals surface area (Å²) in [7, 11) is 0. The lowest BCUT2D eigenvalue weighted by molar-refractivity contribution is -0.136. The Bertz CT molecular complexity index is 813. The third kappa shape index (κ3) is 2.87. The number of hydrogen-bond acceptors (Lipinski definition) is 6. The molecule has 4 aliphatic heterocycles. The quantitative estimate of drug-likeness (QED) is 0.779. The van der Waals surface area contributed by atoms with Crippen LogP contribution in [0.25, 0.3) is 10.2 Å². The molecular formula is C16H17Cl2FN4OS. The van der Waals surface area contributed by atoms with Crippen molar-refractivity contribution in [3.8, 4) is 0 Å². The highest BCUT2D eigenvalue weighted by molar-refractivity contribution is 7.22. The Morgan fingerprint density at radius 3 is 2.88 bits per heavy atom. The Morgan fingerprint density at radius 2 is 2.16 bits per heavy atom. The molecule has 1 spiro atoms. The van der Waals surface area contributed by atoms with Gasteiger partial charge in [-0.1, -0.05) is 28.1 Å². The molecule has 5 nitrogen and oxygen atoms in total. The molecule has 9 heteroatoms. The monoisotopic (exact) mass is 402 g/mol. The molecule has 0 amide bonds. The van der Waals surface area contributed by atoms with Gasteiger partial charge in [-0.15, -0.1) is 12.4 Å². The van der Waals surface area contributed by atoms with E-state index in [1.54, 1.807) is 6.07 Å². The average Bonchev–Trinajstić information content (AvgIpc) is 3.13. The summed E-state index contributed by atoms with van der Waals surface area (Å²) < 4.78 is 14.3. The smallest absolute Gasteiger partial charge is 0.189 e. The lowest BCUT2D eigenvalue weighted by atomic mass is 9.73. The molecule has 134 valence electrons. The predicted molar refractivity (Wildman–Crippen MR) is 100 cm³/mol. The second-order valence-electron chi connectivity index (χ2n) is 6.80. The zero-order chi connectivity index (χ0) is 16.3. The van der Waals surface area contributed by atoms with Gasteiger partial charge in [0.25, 0.3) is 0 Å². The van der Waals surface area contributed by atoms with Crippen LogP contribution in [-0.4, -0.2) is 41.0 Å². The molecule has 25 heavy (non-hydrogen) atoms. The Labute approximate surface area is 159 Å². The van der Waals surface area contributed by atoms with E-state index in [0.717, 1.165) is 23.5 Å². The minimum Gasteiger partial charge on any atom is -0.386 e. The first kappa shape index (κ1) is 17.3. The minimum absolute atomic E-state index is 0. The molecule has 1 N–H and O–H groups in total. The number of halogens is 3. The zero-order valence-corrected chi connectivity index (χ0v) is 15.7. The molecule has 1 aromatic heterocycles. The van der Waals surface area contributed by atoms with Crippen LogP contribution in [-0.2, 0) is 4.84 Å². The number of nitrogens with zero attached hydrogens (tertiary/aromatic N) is 3. The number of hydrogen-bond donors (Lipinski definition) is 1. The maximum absolute atomic E-state index is 13.6. The number of nitrogens with one attached hydrogen (secondary N) is 1. The second-order valence-corrected chi connectivity index (χ2v) is 8.24. The Kier molecular flexibility index (Phi) is 4.30. The van der Waals surface area contributed by atoms with E-state index in [4.69, 9.17) is 16.4 Å². The molecule has 0 saturated carbocycles. The van der Waals surface area contributed by atoms with Gasteiger partial charge in [-0.05, 0) is 38.1 Å². The molecule has 2 aromatic rings. The third-order valence-electron chi connectivity index (χ3n) is 5.31.